The van der Waals surface area contributed by atoms with Gasteiger partial charge in [0.2, 0.25) is 17.7 Å². The molecule has 0 aromatic heterocycles. The first kappa shape index (κ1) is 35.7. The van der Waals surface area contributed by atoms with Crippen molar-refractivity contribution < 1.29 is 29.0 Å². The summed E-state index contributed by atoms with van der Waals surface area (Å²) >= 11 is 0. The summed E-state index contributed by atoms with van der Waals surface area (Å²) in [7, 11) is 4.99. The summed E-state index contributed by atoms with van der Waals surface area (Å²) in [5.74, 6) is -0.424. The first-order valence-electron chi connectivity index (χ1n) is 15.5. The number of hydrogen-bond donors (Lipinski definition) is 2. The SMILES string of the molecule is CC[C@H](C)[C@@H]([C@@H](CC(=O)N1CCC[C@H]1C(OC)C(C)C(=O)N[C@H](C)[C@@H](O)c1ccccc1)OC)N(C)C(=O)CC(C)C. The van der Waals surface area contributed by atoms with E-state index in [2.05, 4.69) is 19.2 Å². The van der Waals surface area contributed by atoms with E-state index in [-0.39, 0.29) is 48.1 Å². The maximum Gasteiger partial charge on any atom is 0.225 e. The Bertz CT molecular complexity index is 989. The van der Waals surface area contributed by atoms with Crippen LogP contribution in [0.2, 0.25) is 0 Å². The number of nitrogens with zero attached hydrogens (tertiary/aromatic N) is 2. The third-order valence-corrected chi connectivity index (χ3v) is 8.87. The number of hydrogen-bond acceptors (Lipinski definition) is 6. The number of likely N-dealkylation sites (N-methyl/N-ethyl adjacent to an activating group) is 1. The molecule has 2 N–H and O–H groups in total. The van der Waals surface area contributed by atoms with E-state index < -0.39 is 30.3 Å². The maximum absolute atomic E-state index is 13.8. The Hall–Kier alpha value is -2.49. The first-order chi connectivity index (χ1) is 19.9. The lowest BCUT2D eigenvalue weighted by molar-refractivity contribution is -0.146. The van der Waals surface area contributed by atoms with E-state index >= 15 is 0 Å². The summed E-state index contributed by atoms with van der Waals surface area (Å²) < 4.78 is 11.8. The average molecular weight is 590 g/mol. The number of amides is 3. The number of aliphatic hydroxyl groups is 1. The van der Waals surface area contributed by atoms with Gasteiger partial charge in [-0.05, 0) is 37.2 Å². The monoisotopic (exact) mass is 589 g/mol. The van der Waals surface area contributed by atoms with E-state index in [1.54, 1.807) is 33.0 Å². The van der Waals surface area contributed by atoms with E-state index in [1.165, 1.54) is 0 Å². The van der Waals surface area contributed by atoms with Crippen molar-refractivity contribution in [3.05, 3.63) is 35.9 Å². The van der Waals surface area contributed by atoms with Gasteiger partial charge < -0.3 is 29.7 Å². The van der Waals surface area contributed by atoms with Gasteiger partial charge in [-0.15, -0.1) is 0 Å². The lowest BCUT2D eigenvalue weighted by atomic mass is 9.90. The van der Waals surface area contributed by atoms with E-state index in [9.17, 15) is 19.5 Å². The zero-order chi connectivity index (χ0) is 31.6. The predicted octanol–water partition coefficient (Wildman–Crippen LogP) is 4.19. The van der Waals surface area contributed by atoms with Gasteiger partial charge in [0.25, 0.3) is 0 Å². The number of benzene rings is 1. The molecule has 1 aliphatic heterocycles. The van der Waals surface area contributed by atoms with Gasteiger partial charge in [0.15, 0.2) is 0 Å². The molecule has 9 heteroatoms. The standard InChI is InChI=1S/C33H55N3O6/c1-10-22(4)30(35(7)28(37)19-21(2)3)27(41-8)20-29(38)36-18-14-17-26(36)32(42-9)23(5)33(40)34-24(6)31(39)25-15-12-11-13-16-25/h11-13,15-16,21-24,26-27,30-32,39H,10,14,17-20H2,1-9H3,(H,34,40)/t22-,23?,24+,26-,27+,30-,31+,32?/m0/s1. The van der Waals surface area contributed by atoms with Crippen molar-refractivity contribution in [2.24, 2.45) is 17.8 Å². The molecule has 1 aromatic carbocycles. The smallest absolute Gasteiger partial charge is 0.225 e. The second kappa shape index (κ2) is 17.0. The molecule has 8 atom stereocenters. The summed E-state index contributed by atoms with van der Waals surface area (Å²) in [6, 6.07) is 8.22. The van der Waals surface area contributed by atoms with Crippen molar-refractivity contribution in [2.45, 2.75) is 110 Å². The van der Waals surface area contributed by atoms with E-state index in [1.807, 2.05) is 56.1 Å². The molecule has 0 bridgehead atoms. The van der Waals surface area contributed by atoms with Gasteiger partial charge in [-0.2, -0.15) is 0 Å². The minimum Gasteiger partial charge on any atom is -0.386 e. The molecular formula is C33H55N3O6. The molecule has 1 fully saturated rings. The number of aliphatic hydroxyl groups excluding tert-OH is 1. The van der Waals surface area contributed by atoms with E-state index in [4.69, 9.17) is 9.47 Å². The second-order valence-corrected chi connectivity index (χ2v) is 12.4. The first-order valence-corrected chi connectivity index (χ1v) is 15.5. The molecule has 2 rings (SSSR count). The van der Waals surface area contributed by atoms with Crippen LogP contribution in [-0.2, 0) is 23.9 Å². The Kier molecular flexibility index (Phi) is 14.4. The summed E-state index contributed by atoms with van der Waals surface area (Å²) in [6.45, 7) is 12.4. The molecule has 2 unspecified atom stereocenters. The summed E-state index contributed by atoms with van der Waals surface area (Å²) in [6.07, 6.45) is 1.15. The quantitative estimate of drug-likeness (QED) is 0.299. The zero-order valence-corrected chi connectivity index (χ0v) is 27.2. The fourth-order valence-corrected chi connectivity index (χ4v) is 6.19. The molecule has 3 amide bonds. The van der Waals surface area contributed by atoms with Crippen LogP contribution in [0.5, 0.6) is 0 Å². The van der Waals surface area contributed by atoms with Crippen LogP contribution in [-0.4, -0.2) is 90.8 Å². The predicted molar refractivity (Wildman–Crippen MR) is 165 cm³/mol. The molecule has 1 saturated heterocycles. The van der Waals surface area contributed by atoms with Gasteiger partial charge in [0, 0.05) is 34.2 Å². The number of ether oxygens (including phenoxy) is 2. The van der Waals surface area contributed by atoms with Crippen LogP contribution >= 0.6 is 0 Å². The fraction of sp³-hybridized carbons (Fsp3) is 0.727. The molecule has 1 aromatic rings. The molecule has 0 spiro atoms. The largest absolute Gasteiger partial charge is 0.386 e. The highest BCUT2D eigenvalue weighted by atomic mass is 16.5. The Morgan fingerprint density at radius 2 is 1.69 bits per heavy atom. The number of nitrogens with one attached hydrogen (secondary N) is 1. The molecule has 238 valence electrons. The van der Waals surface area contributed by atoms with Crippen LogP contribution in [0.15, 0.2) is 30.3 Å². The average Bonchev–Trinajstić information content (AvgIpc) is 3.46. The highest BCUT2D eigenvalue weighted by Crippen LogP contribution is 2.30. The summed E-state index contributed by atoms with van der Waals surface area (Å²) in [4.78, 5) is 43.7. The molecule has 0 saturated carbocycles. The summed E-state index contributed by atoms with van der Waals surface area (Å²) in [5.41, 5.74) is 0.730. The highest BCUT2D eigenvalue weighted by Gasteiger charge is 2.42. The van der Waals surface area contributed by atoms with Crippen LogP contribution in [0.4, 0.5) is 0 Å². The van der Waals surface area contributed by atoms with Crippen molar-refractivity contribution >= 4 is 17.7 Å². The molecule has 1 aliphatic rings. The maximum atomic E-state index is 13.8. The van der Waals surface area contributed by atoms with Crippen molar-refractivity contribution in [1.82, 2.24) is 15.1 Å². The Morgan fingerprint density at radius 1 is 1.05 bits per heavy atom. The molecular weight excluding hydrogens is 534 g/mol. The molecule has 42 heavy (non-hydrogen) atoms. The Labute approximate surface area is 253 Å². The topological polar surface area (TPSA) is 108 Å². The second-order valence-electron chi connectivity index (χ2n) is 12.4. The highest BCUT2D eigenvalue weighted by molar-refractivity contribution is 5.81. The van der Waals surface area contributed by atoms with Gasteiger partial charge in [-0.1, -0.05) is 71.4 Å². The van der Waals surface area contributed by atoms with Crippen LogP contribution < -0.4 is 5.32 Å². The van der Waals surface area contributed by atoms with Crippen molar-refractivity contribution in [3.63, 3.8) is 0 Å². The molecule has 0 aliphatic carbocycles. The Morgan fingerprint density at radius 3 is 2.24 bits per heavy atom. The normalized spacial score (nSPS) is 20.4. The number of carbonyl (C=O) groups excluding carboxylic acids is 3. The lowest BCUT2D eigenvalue weighted by Crippen LogP contribution is -2.53. The number of likely N-dealkylation sites (tertiary alicyclic amines) is 1. The van der Waals surface area contributed by atoms with Gasteiger partial charge >= 0.3 is 0 Å². The fourth-order valence-electron chi connectivity index (χ4n) is 6.19. The van der Waals surface area contributed by atoms with E-state index in [0.29, 0.717) is 13.0 Å². The number of methoxy groups -OCH3 is 2. The zero-order valence-electron chi connectivity index (χ0n) is 27.2. The third kappa shape index (κ3) is 9.25. The minimum absolute atomic E-state index is 0.0507. The van der Waals surface area contributed by atoms with Gasteiger partial charge in [-0.25, -0.2) is 0 Å². The van der Waals surface area contributed by atoms with Crippen LogP contribution in [0.25, 0.3) is 0 Å². The third-order valence-electron chi connectivity index (χ3n) is 8.87. The number of carbonyl (C=O) groups is 3. The van der Waals surface area contributed by atoms with E-state index in [0.717, 1.165) is 24.8 Å². The van der Waals surface area contributed by atoms with Crippen LogP contribution in [0.3, 0.4) is 0 Å². The summed E-state index contributed by atoms with van der Waals surface area (Å²) in [5, 5.41) is 13.7. The number of rotatable bonds is 16. The molecule has 1 heterocycles. The van der Waals surface area contributed by atoms with Gasteiger partial charge in [-0.3, -0.25) is 14.4 Å². The molecule has 9 nitrogen and oxygen atoms in total. The van der Waals surface area contributed by atoms with Crippen molar-refractivity contribution in [3.8, 4) is 0 Å². The lowest BCUT2D eigenvalue weighted by Gasteiger charge is -2.39. The van der Waals surface area contributed by atoms with Gasteiger partial charge in [0.05, 0.1) is 48.8 Å². The van der Waals surface area contributed by atoms with Crippen molar-refractivity contribution in [2.75, 3.05) is 27.8 Å². The van der Waals surface area contributed by atoms with Crippen molar-refractivity contribution in [1.29, 1.82) is 0 Å². The molecule has 0 radical (unpaired) electrons. The van der Waals surface area contributed by atoms with Gasteiger partial charge in [0.1, 0.15) is 0 Å². The van der Waals surface area contributed by atoms with Crippen LogP contribution in [0, 0.1) is 17.8 Å². The Balaban J connectivity index is 2.15. The van der Waals surface area contributed by atoms with Crippen LogP contribution in [0.1, 0.15) is 85.3 Å². The minimum atomic E-state index is -0.845.